The van der Waals surface area contributed by atoms with Gasteiger partial charge in [-0.3, -0.25) is 0 Å². The van der Waals surface area contributed by atoms with E-state index in [2.05, 4.69) is 86.6 Å². The molecule has 0 aliphatic heterocycles. The van der Waals surface area contributed by atoms with Gasteiger partial charge >= 0.3 is 37.9 Å². The van der Waals surface area contributed by atoms with Crippen molar-refractivity contribution < 1.29 is 20.8 Å². The second kappa shape index (κ2) is 13.3. The Morgan fingerprint density at radius 3 is 1.35 bits per heavy atom. The number of benzene rings is 2. The Bertz CT molecular complexity index is 734. The van der Waals surface area contributed by atoms with Crippen LogP contribution in [-0.4, -0.2) is 0 Å². The van der Waals surface area contributed by atoms with Crippen LogP contribution in [0.3, 0.4) is 0 Å². The first-order chi connectivity index (χ1) is 12.5. The quantitative estimate of drug-likeness (QED) is 0.230. The first-order valence-electron chi connectivity index (χ1n) is 8.50. The van der Waals surface area contributed by atoms with Crippen molar-refractivity contribution in [3.63, 3.8) is 0 Å². The van der Waals surface area contributed by atoms with Crippen LogP contribution in [0.5, 0.6) is 0 Å². The summed E-state index contributed by atoms with van der Waals surface area (Å²) in [5.41, 5.74) is 2.70. The molecule has 0 aliphatic carbocycles. The Labute approximate surface area is 176 Å². The van der Waals surface area contributed by atoms with Gasteiger partial charge in [-0.05, 0) is 0 Å². The molecule has 0 radical (unpaired) electrons. The summed E-state index contributed by atoms with van der Waals surface area (Å²) in [7, 11) is 9.87. The van der Waals surface area contributed by atoms with Gasteiger partial charge in [0.1, 0.15) is 0 Å². The van der Waals surface area contributed by atoms with Gasteiger partial charge in [-0.15, -0.1) is 81.2 Å². The Morgan fingerprint density at radius 1 is 0.731 bits per heavy atom. The molecular weight excluding hydrogens is 438 g/mol. The third kappa shape index (κ3) is 8.21. The van der Waals surface area contributed by atoms with E-state index in [-0.39, 0.29) is 0 Å². The Balaban J connectivity index is 0.000000201. The molecule has 0 nitrogen and oxygen atoms in total. The average molecular weight is 464 g/mol. The van der Waals surface area contributed by atoms with Crippen molar-refractivity contribution in [3.8, 4) is 0 Å². The fourth-order valence-electron chi connectivity index (χ4n) is 2.61. The summed E-state index contributed by atoms with van der Waals surface area (Å²) < 4.78 is 0. The van der Waals surface area contributed by atoms with Crippen LogP contribution in [0, 0.1) is 20.3 Å². The zero-order valence-corrected chi connectivity index (χ0v) is 19.7. The molecule has 4 aromatic carbocycles. The molecule has 4 aromatic rings. The van der Waals surface area contributed by atoms with E-state index < -0.39 is 20.8 Å². The molecule has 3 heteroatoms. The Hall–Kier alpha value is -0.877. The van der Waals surface area contributed by atoms with Crippen LogP contribution in [0.2, 0.25) is 0 Å². The molecule has 0 fully saturated rings. The van der Waals surface area contributed by atoms with Gasteiger partial charge in [0.15, 0.2) is 0 Å². The van der Waals surface area contributed by atoms with E-state index in [1.165, 1.54) is 32.7 Å². The van der Waals surface area contributed by atoms with Crippen molar-refractivity contribution >= 4 is 38.6 Å². The molecule has 0 amide bonds. The molecule has 26 heavy (non-hydrogen) atoms. The molecule has 0 aliphatic rings. The third-order valence-corrected chi connectivity index (χ3v) is 3.52. The van der Waals surface area contributed by atoms with Crippen molar-refractivity contribution in [3.05, 3.63) is 90.3 Å². The third-order valence-electron chi connectivity index (χ3n) is 3.52. The summed E-state index contributed by atoms with van der Waals surface area (Å²) in [6, 6.07) is 25.7. The summed E-state index contributed by atoms with van der Waals surface area (Å²) in [6.07, 6.45) is 2.00. The molecule has 4 rings (SSSR count). The fraction of sp³-hybridized carbons (Fsp3) is 0.174. The molecule has 0 saturated carbocycles. The standard InChI is InChI=1S/2C10H9.C3H7.2ClH.Zr/c2*1-8-6-9-4-2-3-5-10(9)7-8;1-3-2;;;/h2*2-7H,1H3;3H,1-2H3;2*1H;/q3*-1;;;+2/p-2. The number of aryl methyl sites for hydroxylation is 2. The van der Waals surface area contributed by atoms with E-state index >= 15 is 0 Å². The number of halogens is 2. The molecular formula is C23H25Cl2Zr-3. The van der Waals surface area contributed by atoms with E-state index in [0.29, 0.717) is 0 Å². The Morgan fingerprint density at radius 2 is 1.04 bits per heavy atom. The molecule has 0 aromatic heterocycles. The van der Waals surface area contributed by atoms with Crippen LogP contribution in [-0.2, 0) is 20.8 Å². The summed E-state index contributed by atoms with van der Waals surface area (Å²) in [6.45, 7) is 8.25. The van der Waals surface area contributed by atoms with Gasteiger partial charge in [0.05, 0.1) is 0 Å². The van der Waals surface area contributed by atoms with Crippen molar-refractivity contribution in [2.75, 3.05) is 0 Å². The van der Waals surface area contributed by atoms with Gasteiger partial charge in [-0.25, -0.2) is 0 Å². The second-order valence-electron chi connectivity index (χ2n) is 5.97. The van der Waals surface area contributed by atoms with Crippen molar-refractivity contribution in [1.82, 2.24) is 0 Å². The molecule has 0 unspecified atom stereocenters. The molecule has 0 heterocycles. The number of fused-ring (bicyclic) bond motifs is 2. The van der Waals surface area contributed by atoms with Crippen LogP contribution in [0.25, 0.3) is 21.5 Å². The van der Waals surface area contributed by atoms with Crippen LogP contribution in [0.4, 0.5) is 0 Å². The minimum absolute atomic E-state index is 0.826. The second-order valence-corrected chi connectivity index (χ2v) is 9.70. The zero-order valence-electron chi connectivity index (χ0n) is 15.8. The van der Waals surface area contributed by atoms with Crippen molar-refractivity contribution in [1.29, 1.82) is 0 Å². The first kappa shape index (κ1) is 23.2. The van der Waals surface area contributed by atoms with E-state index in [9.17, 15) is 0 Å². The molecule has 0 atom stereocenters. The SMILES string of the molecule is C[CH-]C.Cc1cc2ccccc2[cH-]1.Cc1cc2ccccc2[cH-]1.[Cl][Zr][Cl]. The molecule has 0 spiro atoms. The maximum absolute atomic E-state index is 4.93. The topological polar surface area (TPSA) is 0 Å². The maximum atomic E-state index is 4.93. The van der Waals surface area contributed by atoms with Gasteiger partial charge in [-0.2, -0.15) is 26.0 Å². The summed E-state index contributed by atoms with van der Waals surface area (Å²) in [4.78, 5) is 0. The fourth-order valence-corrected chi connectivity index (χ4v) is 2.61. The summed E-state index contributed by atoms with van der Waals surface area (Å²) >= 11 is -0.826. The van der Waals surface area contributed by atoms with Crippen LogP contribution < -0.4 is 0 Å². The predicted octanol–water partition coefficient (Wildman–Crippen LogP) is 8.34. The summed E-state index contributed by atoms with van der Waals surface area (Å²) in [5.74, 6) is 0. The normalized spacial score (nSPS) is 9.31. The van der Waals surface area contributed by atoms with Crippen molar-refractivity contribution in [2.24, 2.45) is 0 Å². The molecule has 0 saturated heterocycles. The zero-order chi connectivity index (χ0) is 19.4. The number of hydrogen-bond acceptors (Lipinski definition) is 0. The molecule has 0 N–H and O–H groups in total. The van der Waals surface area contributed by atoms with Gasteiger partial charge in [0.2, 0.25) is 0 Å². The van der Waals surface area contributed by atoms with Gasteiger partial charge < -0.3 is 6.42 Å². The first-order valence-corrected chi connectivity index (χ1v) is 14.8. The van der Waals surface area contributed by atoms with Crippen LogP contribution in [0.1, 0.15) is 25.0 Å². The Kier molecular flexibility index (Phi) is 11.9. The van der Waals surface area contributed by atoms with E-state index in [1.54, 1.807) is 0 Å². The molecule has 0 bridgehead atoms. The molecule has 138 valence electrons. The van der Waals surface area contributed by atoms with Crippen LogP contribution >= 0.6 is 17.0 Å². The van der Waals surface area contributed by atoms with E-state index in [4.69, 9.17) is 17.0 Å². The van der Waals surface area contributed by atoms with E-state index in [0.717, 1.165) is 0 Å². The minimum atomic E-state index is -0.826. The summed E-state index contributed by atoms with van der Waals surface area (Å²) in [5, 5.41) is 5.39. The van der Waals surface area contributed by atoms with Gasteiger partial charge in [-0.1, -0.05) is 26.0 Å². The predicted molar refractivity (Wildman–Crippen MR) is 116 cm³/mol. The van der Waals surface area contributed by atoms with E-state index in [1.807, 2.05) is 20.3 Å². The van der Waals surface area contributed by atoms with Gasteiger partial charge in [0.25, 0.3) is 0 Å². The number of hydrogen-bond donors (Lipinski definition) is 0. The monoisotopic (exact) mass is 461 g/mol. The van der Waals surface area contributed by atoms with Crippen LogP contribution in [0.15, 0.2) is 72.8 Å². The van der Waals surface area contributed by atoms with Gasteiger partial charge in [0, 0.05) is 0 Å². The number of rotatable bonds is 0. The van der Waals surface area contributed by atoms with Crippen molar-refractivity contribution in [2.45, 2.75) is 27.7 Å². The average Bonchev–Trinajstić information content (AvgIpc) is 3.17.